The first-order valence-corrected chi connectivity index (χ1v) is 10.6. The van der Waals surface area contributed by atoms with Gasteiger partial charge in [-0.3, -0.25) is 14.5 Å². The first kappa shape index (κ1) is 24.2. The molecule has 1 unspecified atom stereocenters. The summed E-state index contributed by atoms with van der Waals surface area (Å²) in [5.41, 5.74) is -1.23. The summed E-state index contributed by atoms with van der Waals surface area (Å²) in [6, 6.07) is 6.18. The number of benzene rings is 1. The van der Waals surface area contributed by atoms with Gasteiger partial charge in [0.05, 0.1) is 13.7 Å². The van der Waals surface area contributed by atoms with Crippen molar-refractivity contribution in [3.8, 4) is 5.75 Å². The summed E-state index contributed by atoms with van der Waals surface area (Å²) in [5, 5.41) is 2.62. The molecule has 0 saturated carbocycles. The molecule has 1 fully saturated rings. The van der Waals surface area contributed by atoms with Gasteiger partial charge in [0.15, 0.2) is 0 Å². The fourth-order valence-corrected chi connectivity index (χ4v) is 4.82. The van der Waals surface area contributed by atoms with E-state index in [2.05, 4.69) is 51.8 Å². The normalized spacial score (nSPS) is 20.8. The van der Waals surface area contributed by atoms with E-state index in [-0.39, 0.29) is 23.0 Å². The molecule has 6 heteroatoms. The van der Waals surface area contributed by atoms with Gasteiger partial charge in [0.2, 0.25) is 0 Å². The van der Waals surface area contributed by atoms with Gasteiger partial charge in [-0.1, -0.05) is 12.1 Å². The standard InChI is InChI=1S/C17H31NO4.C7H6O/c1-9-21-14(20)17(12(2)22-13(3)19)10-15(4,5)18(8)16(6,7)11-17;1-8-7-4-5-2-3-6(5)7/h12H,9-11H2,1-8H3;2-4H,1H3. The molecule has 0 aromatic carbocycles. The highest BCUT2D eigenvalue weighted by Gasteiger charge is 2.58. The largest absolute Gasteiger partial charge is 0.496 e. The molecule has 1 saturated heterocycles. The molecule has 0 radical (unpaired) electrons. The number of esters is 2. The van der Waals surface area contributed by atoms with Crippen LogP contribution in [0.5, 0.6) is 5.75 Å². The van der Waals surface area contributed by atoms with Crippen LogP contribution in [0.25, 0.3) is 0 Å². The Morgan fingerprint density at radius 1 is 1.13 bits per heavy atom. The van der Waals surface area contributed by atoms with Crippen LogP contribution in [0.15, 0.2) is 18.2 Å². The minimum absolute atomic E-state index is 0.205. The number of hydrogen-bond acceptors (Lipinski definition) is 6. The molecule has 1 heterocycles. The Balaban J connectivity index is 0.000000326. The van der Waals surface area contributed by atoms with E-state index < -0.39 is 11.5 Å². The third-order valence-corrected chi connectivity index (χ3v) is 6.63. The second-order valence-corrected chi connectivity index (χ2v) is 9.58. The highest BCUT2D eigenvalue weighted by Crippen LogP contribution is 2.50. The number of ether oxygens (including phenoxy) is 3. The zero-order valence-corrected chi connectivity index (χ0v) is 19.9. The molecule has 0 spiro atoms. The van der Waals surface area contributed by atoms with Gasteiger partial charge in [-0.2, -0.15) is 0 Å². The SMILES string of the molecule is CCOC(=O)C1(C(C)OC(C)=O)CC(C)(C)N(C)C(C)(C)C1.COc1cc2ccc1=2. The van der Waals surface area contributed by atoms with Crippen LogP contribution in [0.4, 0.5) is 0 Å². The number of hydrogen-bond donors (Lipinski definition) is 0. The lowest BCUT2D eigenvalue weighted by molar-refractivity contribution is -0.189. The quantitative estimate of drug-likeness (QED) is 0.681. The molecule has 0 N–H and O–H groups in total. The Kier molecular flexibility index (Phi) is 6.92. The van der Waals surface area contributed by atoms with Crippen LogP contribution < -0.4 is 4.74 Å². The molecular weight excluding hydrogens is 382 g/mol. The van der Waals surface area contributed by atoms with Crippen molar-refractivity contribution >= 4 is 11.9 Å². The fraction of sp³-hybridized carbons (Fsp3) is 0.667. The lowest BCUT2D eigenvalue weighted by Gasteiger charge is -2.58. The molecule has 0 aromatic heterocycles. The van der Waals surface area contributed by atoms with Crippen LogP contribution in [0, 0.1) is 15.9 Å². The molecule has 0 bridgehead atoms. The Labute approximate surface area is 180 Å². The van der Waals surface area contributed by atoms with Crippen molar-refractivity contribution < 1.29 is 23.8 Å². The zero-order valence-electron chi connectivity index (χ0n) is 19.9. The second kappa shape index (κ2) is 8.58. The van der Waals surface area contributed by atoms with Crippen molar-refractivity contribution in [2.24, 2.45) is 5.41 Å². The molecule has 3 aliphatic rings. The molecule has 168 valence electrons. The monoisotopic (exact) mass is 419 g/mol. The van der Waals surface area contributed by atoms with Crippen molar-refractivity contribution in [2.75, 3.05) is 20.8 Å². The summed E-state index contributed by atoms with van der Waals surface area (Å²) in [6.07, 6.45) is 0.664. The van der Waals surface area contributed by atoms with Crippen LogP contribution in [0.2, 0.25) is 0 Å². The summed E-state index contributed by atoms with van der Waals surface area (Å²) >= 11 is 0. The van der Waals surface area contributed by atoms with E-state index >= 15 is 0 Å². The molecule has 6 nitrogen and oxygen atoms in total. The van der Waals surface area contributed by atoms with E-state index in [1.54, 1.807) is 21.0 Å². The topological polar surface area (TPSA) is 65.1 Å². The molecule has 0 aromatic rings. The molecule has 1 aliphatic heterocycles. The van der Waals surface area contributed by atoms with E-state index in [1.807, 2.05) is 6.07 Å². The van der Waals surface area contributed by atoms with E-state index in [1.165, 1.54) is 17.4 Å². The van der Waals surface area contributed by atoms with Gasteiger partial charge in [0, 0.05) is 23.2 Å². The third-order valence-electron chi connectivity index (χ3n) is 6.63. The second-order valence-electron chi connectivity index (χ2n) is 9.58. The van der Waals surface area contributed by atoms with Gasteiger partial charge in [0.1, 0.15) is 17.3 Å². The first-order valence-electron chi connectivity index (χ1n) is 10.6. The number of carbonyl (C=O) groups excluding carboxylic acids is 2. The van der Waals surface area contributed by atoms with Gasteiger partial charge < -0.3 is 14.2 Å². The number of likely N-dealkylation sites (tertiary alicyclic amines) is 1. The maximum Gasteiger partial charge on any atom is 0.315 e. The van der Waals surface area contributed by atoms with Crippen LogP contribution in [-0.2, 0) is 19.1 Å². The van der Waals surface area contributed by atoms with Crippen molar-refractivity contribution in [1.29, 1.82) is 0 Å². The minimum atomic E-state index is -0.818. The molecular formula is C24H37NO5. The van der Waals surface area contributed by atoms with Crippen molar-refractivity contribution in [3.05, 3.63) is 28.6 Å². The summed E-state index contributed by atoms with van der Waals surface area (Å²) in [5.74, 6) is 0.395. The molecule has 30 heavy (non-hydrogen) atoms. The van der Waals surface area contributed by atoms with E-state index in [0.717, 1.165) is 5.75 Å². The minimum Gasteiger partial charge on any atom is -0.496 e. The van der Waals surface area contributed by atoms with E-state index in [0.29, 0.717) is 19.4 Å². The smallest absolute Gasteiger partial charge is 0.315 e. The Morgan fingerprint density at radius 2 is 1.70 bits per heavy atom. The fourth-order valence-electron chi connectivity index (χ4n) is 4.82. The Hall–Kier alpha value is -2.08. The zero-order chi connectivity index (χ0) is 22.9. The summed E-state index contributed by atoms with van der Waals surface area (Å²) in [6.45, 7) is 13.8. The predicted molar refractivity (Wildman–Crippen MR) is 116 cm³/mol. The van der Waals surface area contributed by atoms with Gasteiger partial charge in [0.25, 0.3) is 0 Å². The highest BCUT2D eigenvalue weighted by atomic mass is 16.6. The molecule has 2 aliphatic carbocycles. The first-order chi connectivity index (χ1) is 13.8. The Bertz CT molecular complexity index is 871. The summed E-state index contributed by atoms with van der Waals surface area (Å²) < 4.78 is 15.8. The molecule has 0 amide bonds. The van der Waals surface area contributed by atoms with Gasteiger partial charge >= 0.3 is 11.9 Å². The average molecular weight is 420 g/mol. The van der Waals surface area contributed by atoms with Crippen molar-refractivity contribution in [3.63, 3.8) is 0 Å². The molecule has 3 rings (SSSR count). The summed E-state index contributed by atoms with van der Waals surface area (Å²) in [4.78, 5) is 26.5. The average Bonchev–Trinajstić information content (AvgIpc) is 2.61. The van der Waals surface area contributed by atoms with Crippen molar-refractivity contribution in [2.45, 2.75) is 78.5 Å². The van der Waals surface area contributed by atoms with E-state index in [9.17, 15) is 9.59 Å². The number of carbonyl (C=O) groups is 2. The van der Waals surface area contributed by atoms with Crippen LogP contribution in [-0.4, -0.2) is 54.8 Å². The number of nitrogens with zero attached hydrogens (tertiary/aromatic N) is 1. The maximum absolute atomic E-state index is 12.8. The maximum atomic E-state index is 12.8. The Morgan fingerprint density at radius 3 is 2.00 bits per heavy atom. The van der Waals surface area contributed by atoms with Crippen LogP contribution in [0.1, 0.15) is 61.3 Å². The number of methoxy groups -OCH3 is 1. The lowest BCUT2D eigenvalue weighted by atomic mass is 9.62. The number of piperidine rings is 1. The van der Waals surface area contributed by atoms with Gasteiger partial charge in [-0.15, -0.1) is 0 Å². The van der Waals surface area contributed by atoms with Crippen molar-refractivity contribution in [1.82, 2.24) is 4.90 Å². The third kappa shape index (κ3) is 4.48. The predicted octanol–water partition coefficient (Wildman–Crippen LogP) is 4.07. The highest BCUT2D eigenvalue weighted by molar-refractivity contribution is 5.79. The molecule has 1 atom stereocenters. The lowest BCUT2D eigenvalue weighted by Crippen LogP contribution is -2.66. The van der Waals surface area contributed by atoms with Gasteiger partial charge in [-0.05, 0) is 72.7 Å². The summed E-state index contributed by atoms with van der Waals surface area (Å²) in [7, 11) is 3.77. The van der Waals surface area contributed by atoms with E-state index in [4.69, 9.17) is 14.2 Å². The number of rotatable bonds is 5. The van der Waals surface area contributed by atoms with Gasteiger partial charge in [-0.25, -0.2) is 0 Å². The van der Waals surface area contributed by atoms with Crippen LogP contribution in [0.3, 0.4) is 0 Å². The van der Waals surface area contributed by atoms with Crippen LogP contribution >= 0.6 is 0 Å².